The monoisotopic (exact) mass is 284 g/mol. The minimum absolute atomic E-state index is 0.0457. The zero-order valence-electron chi connectivity index (χ0n) is 10.9. The number of carboxylic acids is 1. The van der Waals surface area contributed by atoms with Crippen LogP contribution in [0.15, 0.2) is 60.9 Å². The van der Waals surface area contributed by atoms with Crippen LogP contribution < -0.4 is 5.32 Å². The van der Waals surface area contributed by atoms with Crippen molar-refractivity contribution in [3.63, 3.8) is 0 Å². The van der Waals surface area contributed by atoms with E-state index in [1.807, 2.05) is 30.3 Å². The van der Waals surface area contributed by atoms with Gasteiger partial charge in [-0.25, -0.2) is 4.79 Å². The van der Waals surface area contributed by atoms with E-state index in [4.69, 9.17) is 0 Å². The second-order valence-electron chi connectivity index (χ2n) is 4.18. The van der Waals surface area contributed by atoms with Crippen molar-refractivity contribution in [3.05, 3.63) is 76.6 Å². The van der Waals surface area contributed by atoms with Crippen LogP contribution in [0.4, 0.5) is 5.69 Å². The van der Waals surface area contributed by atoms with Gasteiger partial charge in [0.25, 0.3) is 0 Å². The third-order valence-electron chi connectivity index (χ3n) is 2.79. The number of carbonyl (C=O) groups is 1. The lowest BCUT2D eigenvalue weighted by Gasteiger charge is -2.08. The first-order chi connectivity index (χ1) is 10.1. The molecule has 2 aromatic carbocycles. The van der Waals surface area contributed by atoms with Crippen LogP contribution in [0.5, 0.6) is 0 Å². The van der Waals surface area contributed by atoms with E-state index in [0.717, 1.165) is 17.3 Å². The van der Waals surface area contributed by atoms with Gasteiger partial charge in [-0.3, -0.25) is 10.1 Å². The summed E-state index contributed by atoms with van der Waals surface area (Å²) in [6.07, 6.45) is 1.79. The minimum Gasteiger partial charge on any atom is -0.478 e. The summed E-state index contributed by atoms with van der Waals surface area (Å²) in [5.41, 5.74) is 1.99. The van der Waals surface area contributed by atoms with Gasteiger partial charge in [-0.1, -0.05) is 36.4 Å². The molecule has 21 heavy (non-hydrogen) atoms. The Labute approximate surface area is 120 Å². The number of nitrogens with zero attached hydrogens (tertiary/aromatic N) is 1. The summed E-state index contributed by atoms with van der Waals surface area (Å²) in [6.45, 7) is 0. The summed E-state index contributed by atoms with van der Waals surface area (Å²) in [5.74, 6) is -1.11. The van der Waals surface area contributed by atoms with Crippen LogP contribution in [0, 0.1) is 10.1 Å². The number of aromatic carboxylic acids is 1. The van der Waals surface area contributed by atoms with Gasteiger partial charge in [0.1, 0.15) is 0 Å². The van der Waals surface area contributed by atoms with E-state index < -0.39 is 10.9 Å². The number of hydrogen-bond donors (Lipinski definition) is 2. The first-order valence-electron chi connectivity index (χ1n) is 6.07. The predicted molar refractivity (Wildman–Crippen MR) is 78.6 cm³/mol. The van der Waals surface area contributed by atoms with Crippen molar-refractivity contribution in [3.8, 4) is 11.1 Å². The average Bonchev–Trinajstić information content (AvgIpc) is 2.48. The van der Waals surface area contributed by atoms with E-state index >= 15 is 0 Å². The van der Waals surface area contributed by atoms with Crippen molar-refractivity contribution < 1.29 is 14.8 Å². The van der Waals surface area contributed by atoms with Crippen LogP contribution in [-0.4, -0.2) is 16.0 Å². The van der Waals surface area contributed by atoms with Crippen LogP contribution in [-0.2, 0) is 0 Å². The number of rotatable bonds is 5. The van der Waals surface area contributed by atoms with Crippen LogP contribution in [0.25, 0.3) is 11.1 Å². The predicted octanol–water partition coefficient (Wildman–Crippen LogP) is 3.21. The molecule has 2 aromatic rings. The summed E-state index contributed by atoms with van der Waals surface area (Å²) in [5, 5.41) is 22.1. The van der Waals surface area contributed by atoms with Crippen molar-refractivity contribution in [1.82, 2.24) is 0 Å². The highest BCUT2D eigenvalue weighted by Crippen LogP contribution is 2.25. The lowest BCUT2D eigenvalue weighted by molar-refractivity contribution is -0.402. The van der Waals surface area contributed by atoms with Gasteiger partial charge in [-0.05, 0) is 23.3 Å². The molecule has 0 heterocycles. The molecule has 106 valence electrons. The van der Waals surface area contributed by atoms with Gasteiger partial charge >= 0.3 is 5.97 Å². The van der Waals surface area contributed by atoms with Crippen molar-refractivity contribution in [2.75, 3.05) is 5.32 Å². The van der Waals surface area contributed by atoms with E-state index in [2.05, 4.69) is 5.32 Å². The van der Waals surface area contributed by atoms with Crippen LogP contribution >= 0.6 is 0 Å². The third-order valence-corrected chi connectivity index (χ3v) is 2.79. The van der Waals surface area contributed by atoms with Gasteiger partial charge in [0.05, 0.1) is 22.4 Å². The lowest BCUT2D eigenvalue weighted by atomic mass is 10.0. The van der Waals surface area contributed by atoms with Gasteiger partial charge < -0.3 is 10.4 Å². The highest BCUT2D eigenvalue weighted by atomic mass is 16.6. The Morgan fingerprint density at radius 2 is 1.86 bits per heavy atom. The summed E-state index contributed by atoms with van der Waals surface area (Å²) in [7, 11) is 0. The summed E-state index contributed by atoms with van der Waals surface area (Å²) in [4.78, 5) is 20.9. The van der Waals surface area contributed by atoms with Gasteiger partial charge in [-0.2, -0.15) is 0 Å². The Hall–Kier alpha value is -3.15. The maximum atomic E-state index is 11.3. The molecule has 2 N–H and O–H groups in total. The highest BCUT2D eigenvalue weighted by molar-refractivity contribution is 5.96. The van der Waals surface area contributed by atoms with Gasteiger partial charge in [-0.15, -0.1) is 0 Å². The molecule has 0 amide bonds. The van der Waals surface area contributed by atoms with Crippen LogP contribution in [0.2, 0.25) is 0 Å². The van der Waals surface area contributed by atoms with Crippen molar-refractivity contribution >= 4 is 11.7 Å². The molecule has 0 spiro atoms. The Morgan fingerprint density at radius 3 is 2.48 bits per heavy atom. The fraction of sp³-hybridized carbons (Fsp3) is 0. The molecule has 0 aliphatic heterocycles. The molecule has 0 aliphatic rings. The summed E-state index contributed by atoms with van der Waals surface area (Å²) < 4.78 is 0. The second-order valence-corrected chi connectivity index (χ2v) is 4.18. The average molecular weight is 284 g/mol. The molecule has 2 rings (SSSR count). The molecule has 0 bridgehead atoms. The third kappa shape index (κ3) is 3.66. The molecular formula is C15H12N2O4. The van der Waals surface area contributed by atoms with E-state index in [1.54, 1.807) is 12.1 Å². The number of hydrogen-bond acceptors (Lipinski definition) is 4. The fourth-order valence-electron chi connectivity index (χ4n) is 1.85. The van der Waals surface area contributed by atoms with Crippen LogP contribution in [0.3, 0.4) is 0 Å². The first-order valence-corrected chi connectivity index (χ1v) is 6.07. The van der Waals surface area contributed by atoms with Crippen molar-refractivity contribution in [2.24, 2.45) is 0 Å². The molecule has 0 radical (unpaired) electrons. The Balaban J connectivity index is 2.36. The fourth-order valence-corrected chi connectivity index (χ4v) is 1.85. The molecule has 6 heteroatoms. The van der Waals surface area contributed by atoms with E-state index in [1.165, 1.54) is 6.07 Å². The molecule has 6 nitrogen and oxygen atoms in total. The van der Waals surface area contributed by atoms with E-state index in [9.17, 15) is 20.0 Å². The first kappa shape index (κ1) is 14.3. The summed E-state index contributed by atoms with van der Waals surface area (Å²) in [6, 6.07) is 14.2. The smallest absolute Gasteiger partial charge is 0.337 e. The van der Waals surface area contributed by atoms with E-state index in [0.29, 0.717) is 11.9 Å². The highest BCUT2D eigenvalue weighted by Gasteiger charge is 2.11. The standard InChI is InChI=1S/C15H12N2O4/c18-15(19)13-10-12(11-4-2-1-3-5-11)6-7-14(13)16-8-9-17(20)21/h1-10,16H,(H,18,19)/b9-8+. The SMILES string of the molecule is O=C(O)c1cc(-c2ccccc2)ccc1N/C=C/[N+](=O)[O-]. The number of carboxylic acid groups (broad SMARTS) is 1. The number of nitro groups is 1. The molecule has 0 aliphatic carbocycles. The number of nitrogens with one attached hydrogen (secondary N) is 1. The van der Waals surface area contributed by atoms with Crippen LogP contribution in [0.1, 0.15) is 10.4 Å². The van der Waals surface area contributed by atoms with Gasteiger partial charge in [0.15, 0.2) is 0 Å². The molecule has 0 saturated carbocycles. The maximum Gasteiger partial charge on any atom is 0.337 e. The van der Waals surface area contributed by atoms with Crippen molar-refractivity contribution in [1.29, 1.82) is 0 Å². The Morgan fingerprint density at radius 1 is 1.14 bits per heavy atom. The normalized spacial score (nSPS) is 10.5. The number of benzene rings is 2. The molecule has 0 fully saturated rings. The molecule has 0 saturated heterocycles. The Kier molecular flexibility index (Phi) is 4.30. The largest absolute Gasteiger partial charge is 0.478 e. The minimum atomic E-state index is -1.11. The van der Waals surface area contributed by atoms with E-state index in [-0.39, 0.29) is 5.56 Å². The Bertz CT molecular complexity index is 696. The number of anilines is 1. The topological polar surface area (TPSA) is 92.5 Å². The second kappa shape index (κ2) is 6.33. The van der Waals surface area contributed by atoms with Gasteiger partial charge in [0, 0.05) is 0 Å². The maximum absolute atomic E-state index is 11.3. The molecule has 0 unspecified atom stereocenters. The zero-order chi connectivity index (χ0) is 15.2. The van der Waals surface area contributed by atoms with Crippen molar-refractivity contribution in [2.45, 2.75) is 0 Å². The zero-order valence-corrected chi connectivity index (χ0v) is 10.9. The molecule has 0 atom stereocenters. The summed E-state index contributed by atoms with van der Waals surface area (Å²) >= 11 is 0. The molecule has 0 aromatic heterocycles. The lowest BCUT2D eigenvalue weighted by Crippen LogP contribution is -2.03. The quantitative estimate of drug-likeness (QED) is 0.649. The molecular weight excluding hydrogens is 272 g/mol. The van der Waals surface area contributed by atoms with Gasteiger partial charge in [0.2, 0.25) is 6.20 Å².